The van der Waals surface area contributed by atoms with Gasteiger partial charge in [-0.05, 0) is 29.7 Å². The number of hydrogen-bond donors (Lipinski definition) is 1. The third-order valence-electron chi connectivity index (χ3n) is 4.91. The maximum atomic E-state index is 12.2. The van der Waals surface area contributed by atoms with Crippen molar-refractivity contribution in [3.05, 3.63) is 112 Å². The SMILES string of the molecule is C=CCc1cc(/C=N/NC(=O)Cc2ccccc2[N+](=O)[O-])cc(OC)c1OCc1ccccc1. The summed E-state index contributed by atoms with van der Waals surface area (Å²) in [6.07, 6.45) is 3.63. The Labute approximate surface area is 197 Å². The fraction of sp³-hybridized carbons (Fsp3) is 0.154. The molecule has 1 N–H and O–H groups in total. The van der Waals surface area contributed by atoms with Crippen LogP contribution in [0, 0.1) is 10.1 Å². The van der Waals surface area contributed by atoms with Gasteiger partial charge in [-0.2, -0.15) is 5.10 Å². The van der Waals surface area contributed by atoms with E-state index in [1.54, 1.807) is 37.5 Å². The summed E-state index contributed by atoms with van der Waals surface area (Å²) >= 11 is 0. The predicted octanol–water partition coefficient (Wildman–Crippen LogP) is 4.60. The molecule has 0 unspecified atom stereocenters. The Bertz CT molecular complexity index is 1190. The number of nitro benzene ring substituents is 1. The zero-order chi connectivity index (χ0) is 24.3. The van der Waals surface area contributed by atoms with Gasteiger partial charge in [-0.25, -0.2) is 5.43 Å². The van der Waals surface area contributed by atoms with Crippen molar-refractivity contribution in [3.63, 3.8) is 0 Å². The van der Waals surface area contributed by atoms with E-state index < -0.39 is 10.8 Å². The summed E-state index contributed by atoms with van der Waals surface area (Å²) in [5.74, 6) is 0.679. The van der Waals surface area contributed by atoms with Gasteiger partial charge in [0, 0.05) is 17.2 Å². The Morgan fingerprint density at radius 3 is 2.56 bits per heavy atom. The summed E-state index contributed by atoms with van der Waals surface area (Å²) in [5, 5.41) is 15.1. The fourth-order valence-corrected chi connectivity index (χ4v) is 3.34. The summed E-state index contributed by atoms with van der Waals surface area (Å²) in [5.41, 5.74) is 5.20. The molecule has 174 valence electrons. The first-order valence-corrected chi connectivity index (χ1v) is 10.5. The van der Waals surface area contributed by atoms with Gasteiger partial charge in [0.05, 0.1) is 24.7 Å². The highest BCUT2D eigenvalue weighted by molar-refractivity contribution is 5.85. The number of benzene rings is 3. The standard InChI is InChI=1S/C26H25N3O5/c1-3-9-22-14-20(15-24(33-2)26(22)34-18-19-10-5-4-6-11-19)17-27-28-25(30)16-21-12-7-8-13-23(21)29(31)32/h3-8,10-15,17H,1,9,16,18H2,2H3,(H,28,30)/b27-17+. The molecule has 0 fully saturated rings. The highest BCUT2D eigenvalue weighted by atomic mass is 16.6. The topological polar surface area (TPSA) is 103 Å². The first kappa shape index (κ1) is 24.2. The van der Waals surface area contributed by atoms with Crippen LogP contribution in [0.1, 0.15) is 22.3 Å². The van der Waals surface area contributed by atoms with Crippen molar-refractivity contribution < 1.29 is 19.2 Å². The van der Waals surface area contributed by atoms with Gasteiger partial charge in [0.1, 0.15) is 6.61 Å². The molecule has 0 atom stereocenters. The van der Waals surface area contributed by atoms with Gasteiger partial charge in [0.15, 0.2) is 11.5 Å². The zero-order valence-corrected chi connectivity index (χ0v) is 18.8. The number of ether oxygens (including phenoxy) is 2. The third kappa shape index (κ3) is 6.52. The molecular weight excluding hydrogens is 434 g/mol. The molecule has 1 amide bonds. The molecule has 0 bridgehead atoms. The lowest BCUT2D eigenvalue weighted by Crippen LogP contribution is -2.20. The van der Waals surface area contributed by atoms with E-state index in [9.17, 15) is 14.9 Å². The molecule has 8 heteroatoms. The van der Waals surface area contributed by atoms with E-state index in [1.807, 2.05) is 36.4 Å². The molecule has 0 aromatic heterocycles. The lowest BCUT2D eigenvalue weighted by molar-refractivity contribution is -0.385. The molecule has 0 aliphatic heterocycles. The molecule has 0 radical (unpaired) electrons. The third-order valence-corrected chi connectivity index (χ3v) is 4.91. The molecular formula is C26H25N3O5. The Morgan fingerprint density at radius 2 is 1.85 bits per heavy atom. The fourth-order valence-electron chi connectivity index (χ4n) is 3.34. The van der Waals surface area contributed by atoms with Crippen LogP contribution in [0.3, 0.4) is 0 Å². The van der Waals surface area contributed by atoms with Crippen molar-refractivity contribution in [3.8, 4) is 11.5 Å². The molecule has 0 spiro atoms. The van der Waals surface area contributed by atoms with Gasteiger partial charge in [-0.3, -0.25) is 14.9 Å². The number of amides is 1. The van der Waals surface area contributed by atoms with E-state index in [4.69, 9.17) is 9.47 Å². The molecule has 34 heavy (non-hydrogen) atoms. The number of hydrazone groups is 1. The highest BCUT2D eigenvalue weighted by Gasteiger charge is 2.15. The minimum atomic E-state index is -0.513. The van der Waals surface area contributed by atoms with Gasteiger partial charge >= 0.3 is 0 Å². The Hall–Kier alpha value is -4.46. The van der Waals surface area contributed by atoms with Crippen molar-refractivity contribution in [1.82, 2.24) is 5.43 Å². The molecule has 0 aliphatic carbocycles. The monoisotopic (exact) mass is 459 g/mol. The number of carbonyl (C=O) groups is 1. The van der Waals surface area contributed by atoms with E-state index in [0.717, 1.165) is 11.1 Å². The second-order valence-electron chi connectivity index (χ2n) is 7.33. The Morgan fingerprint density at radius 1 is 1.12 bits per heavy atom. The van der Waals surface area contributed by atoms with E-state index in [1.165, 1.54) is 12.3 Å². The molecule has 3 rings (SSSR count). The van der Waals surface area contributed by atoms with Gasteiger partial charge in [0.2, 0.25) is 5.91 Å². The van der Waals surface area contributed by atoms with E-state index in [2.05, 4.69) is 17.1 Å². The summed E-state index contributed by atoms with van der Waals surface area (Å²) in [7, 11) is 1.55. The van der Waals surface area contributed by atoms with Gasteiger partial charge < -0.3 is 9.47 Å². The number of carbonyl (C=O) groups excluding carboxylic acids is 1. The summed E-state index contributed by atoms with van der Waals surface area (Å²) in [4.78, 5) is 22.8. The van der Waals surface area contributed by atoms with Crippen LogP contribution in [0.15, 0.2) is 84.5 Å². The minimum Gasteiger partial charge on any atom is -0.493 e. The van der Waals surface area contributed by atoms with Crippen LogP contribution < -0.4 is 14.9 Å². The predicted molar refractivity (Wildman–Crippen MR) is 130 cm³/mol. The maximum Gasteiger partial charge on any atom is 0.273 e. The van der Waals surface area contributed by atoms with Crippen LogP contribution in [0.2, 0.25) is 0 Å². The molecule has 0 saturated carbocycles. The zero-order valence-electron chi connectivity index (χ0n) is 18.8. The van der Waals surface area contributed by atoms with Crippen molar-refractivity contribution in [1.29, 1.82) is 0 Å². The summed E-state index contributed by atoms with van der Waals surface area (Å²) in [6, 6.07) is 19.5. The Balaban J connectivity index is 1.72. The summed E-state index contributed by atoms with van der Waals surface area (Å²) in [6.45, 7) is 4.20. The second-order valence-corrected chi connectivity index (χ2v) is 7.33. The molecule has 3 aromatic rings. The first-order chi connectivity index (χ1) is 16.5. The van der Waals surface area contributed by atoms with Crippen LogP contribution >= 0.6 is 0 Å². The highest BCUT2D eigenvalue weighted by Crippen LogP contribution is 2.34. The number of rotatable bonds is 11. The van der Waals surface area contributed by atoms with Crippen molar-refractivity contribution >= 4 is 17.8 Å². The van der Waals surface area contributed by atoms with E-state index >= 15 is 0 Å². The lowest BCUT2D eigenvalue weighted by Gasteiger charge is -2.16. The van der Waals surface area contributed by atoms with Crippen LogP contribution in [0.4, 0.5) is 5.69 Å². The molecule has 3 aromatic carbocycles. The number of para-hydroxylation sites is 1. The maximum absolute atomic E-state index is 12.2. The number of hydrogen-bond acceptors (Lipinski definition) is 6. The number of methoxy groups -OCH3 is 1. The van der Waals surface area contributed by atoms with Gasteiger partial charge in [-0.15, -0.1) is 6.58 Å². The van der Waals surface area contributed by atoms with Gasteiger partial charge in [-0.1, -0.05) is 54.6 Å². The molecule has 8 nitrogen and oxygen atoms in total. The Kier molecular flexibility index (Phi) is 8.51. The minimum absolute atomic E-state index is 0.105. The average molecular weight is 460 g/mol. The largest absolute Gasteiger partial charge is 0.493 e. The van der Waals surface area contributed by atoms with Crippen LogP contribution in [0.5, 0.6) is 11.5 Å². The lowest BCUT2D eigenvalue weighted by atomic mass is 10.1. The van der Waals surface area contributed by atoms with Crippen LogP contribution in [0.25, 0.3) is 0 Å². The first-order valence-electron chi connectivity index (χ1n) is 10.5. The van der Waals surface area contributed by atoms with Crippen molar-refractivity contribution in [2.24, 2.45) is 5.10 Å². The van der Waals surface area contributed by atoms with Crippen LogP contribution in [-0.2, 0) is 24.2 Å². The molecule has 0 heterocycles. The molecule has 0 aliphatic rings. The second kappa shape index (κ2) is 12.0. The quantitative estimate of drug-likeness (QED) is 0.195. The normalized spacial score (nSPS) is 10.6. The number of nitrogens with zero attached hydrogens (tertiary/aromatic N) is 2. The summed E-state index contributed by atoms with van der Waals surface area (Å²) < 4.78 is 11.6. The van der Waals surface area contributed by atoms with Crippen molar-refractivity contribution in [2.75, 3.05) is 7.11 Å². The van der Waals surface area contributed by atoms with Crippen LogP contribution in [-0.4, -0.2) is 24.2 Å². The number of nitro groups is 1. The number of allylic oxidation sites excluding steroid dienone is 1. The van der Waals surface area contributed by atoms with E-state index in [0.29, 0.717) is 35.7 Å². The molecule has 0 saturated heterocycles. The van der Waals surface area contributed by atoms with E-state index in [-0.39, 0.29) is 12.1 Å². The number of nitrogens with one attached hydrogen (secondary N) is 1. The van der Waals surface area contributed by atoms with Gasteiger partial charge in [0.25, 0.3) is 5.69 Å². The van der Waals surface area contributed by atoms with Crippen molar-refractivity contribution in [2.45, 2.75) is 19.4 Å². The average Bonchev–Trinajstić information content (AvgIpc) is 2.84. The smallest absolute Gasteiger partial charge is 0.273 e.